The molecule has 0 saturated heterocycles. The summed E-state index contributed by atoms with van der Waals surface area (Å²) in [6, 6.07) is -1.18. The summed E-state index contributed by atoms with van der Waals surface area (Å²) < 4.78 is 9.70. The summed E-state index contributed by atoms with van der Waals surface area (Å²) in [6.45, 7) is 13.8. The Labute approximate surface area is 237 Å². The molecule has 0 aromatic rings. The van der Waals surface area contributed by atoms with Crippen LogP contribution >= 0.6 is 11.8 Å². The molecule has 0 aromatic heterocycles. The second kappa shape index (κ2) is 22.6. The highest BCUT2D eigenvalue weighted by Crippen LogP contribution is 2.22. The molecule has 0 bridgehead atoms. The molecule has 0 aliphatic rings. The second-order valence-corrected chi connectivity index (χ2v) is 12.3. The lowest BCUT2D eigenvalue weighted by molar-refractivity contribution is -0.142. The fourth-order valence-corrected chi connectivity index (χ4v) is 5.36. The minimum atomic E-state index is -1.07. The first kappa shape index (κ1) is 36.8. The van der Waals surface area contributed by atoms with Crippen molar-refractivity contribution in [2.24, 2.45) is 17.8 Å². The highest BCUT2D eigenvalue weighted by Gasteiger charge is 2.24. The molecule has 224 valence electrons. The quantitative estimate of drug-likeness (QED) is 0.0670. The Morgan fingerprint density at radius 3 is 2.08 bits per heavy atom. The van der Waals surface area contributed by atoms with E-state index in [1.165, 1.54) is 76.1 Å². The average Bonchev–Trinajstić information content (AvgIpc) is 2.87. The lowest BCUT2D eigenvalue weighted by Crippen LogP contribution is -2.51. The molecule has 4 unspecified atom stereocenters. The van der Waals surface area contributed by atoms with E-state index in [-0.39, 0.29) is 6.54 Å². The zero-order valence-corrected chi connectivity index (χ0v) is 26.4. The summed E-state index contributed by atoms with van der Waals surface area (Å²) in [5.74, 6) is 3.16. The van der Waals surface area contributed by atoms with Crippen LogP contribution < -0.4 is 5.32 Å². The van der Waals surface area contributed by atoms with Crippen molar-refractivity contribution < 1.29 is 24.2 Å². The van der Waals surface area contributed by atoms with E-state index in [4.69, 9.17) is 9.47 Å². The van der Waals surface area contributed by atoms with Crippen LogP contribution in [-0.2, 0) is 14.3 Å². The van der Waals surface area contributed by atoms with Crippen molar-refractivity contribution >= 4 is 23.8 Å². The molecule has 38 heavy (non-hydrogen) atoms. The minimum Gasteiger partial charge on any atom is -0.467 e. The van der Waals surface area contributed by atoms with Gasteiger partial charge in [-0.05, 0) is 44.4 Å². The molecule has 0 saturated carbocycles. The zero-order valence-electron chi connectivity index (χ0n) is 25.6. The molecule has 7 nitrogen and oxygen atoms in total. The summed E-state index contributed by atoms with van der Waals surface area (Å²) in [6.07, 6.45) is 12.8. The number of hydrogen-bond donors (Lipinski definition) is 2. The predicted molar refractivity (Wildman–Crippen MR) is 160 cm³/mol. The van der Waals surface area contributed by atoms with Gasteiger partial charge >= 0.3 is 12.0 Å². The fraction of sp³-hybridized carbons (Fsp3) is 0.867. The SMILES string of the molecule is CCN(CC(O)OC)C(=O)NC(CSC/C=C(\C)CCCC(C)CCCC(C)CCCC(C)C)C(=O)OC. The van der Waals surface area contributed by atoms with Gasteiger partial charge in [-0.2, -0.15) is 11.8 Å². The number of urea groups is 1. The van der Waals surface area contributed by atoms with E-state index in [0.717, 1.165) is 29.9 Å². The molecule has 0 rings (SSSR count). The summed E-state index contributed by atoms with van der Waals surface area (Å²) in [5.41, 5.74) is 1.37. The molecule has 0 aromatic carbocycles. The van der Waals surface area contributed by atoms with Crippen molar-refractivity contribution in [2.75, 3.05) is 38.8 Å². The molecule has 2 amide bonds. The number of carbonyl (C=O) groups excluding carboxylic acids is 2. The number of carbonyl (C=O) groups is 2. The Morgan fingerprint density at radius 1 is 0.974 bits per heavy atom. The Bertz CT molecular complexity index is 659. The van der Waals surface area contributed by atoms with Crippen LogP contribution in [0.4, 0.5) is 4.79 Å². The van der Waals surface area contributed by atoms with Crippen molar-refractivity contribution in [3.05, 3.63) is 11.6 Å². The maximum Gasteiger partial charge on any atom is 0.329 e. The van der Waals surface area contributed by atoms with Crippen molar-refractivity contribution in [3.8, 4) is 0 Å². The number of aliphatic hydroxyl groups excluding tert-OH is 1. The highest BCUT2D eigenvalue weighted by molar-refractivity contribution is 7.99. The second-order valence-electron chi connectivity index (χ2n) is 11.2. The maximum atomic E-state index is 12.6. The molecule has 0 aliphatic heterocycles. The van der Waals surface area contributed by atoms with Crippen molar-refractivity contribution in [2.45, 2.75) is 112 Å². The lowest BCUT2D eigenvalue weighted by Gasteiger charge is -2.25. The van der Waals surface area contributed by atoms with Gasteiger partial charge in [-0.3, -0.25) is 0 Å². The number of aliphatic hydroxyl groups is 1. The lowest BCUT2D eigenvalue weighted by atomic mass is 9.91. The summed E-state index contributed by atoms with van der Waals surface area (Å²) in [7, 11) is 2.69. The van der Waals surface area contributed by atoms with E-state index < -0.39 is 24.3 Å². The van der Waals surface area contributed by atoms with Crippen molar-refractivity contribution in [1.29, 1.82) is 0 Å². The number of nitrogens with zero attached hydrogens (tertiary/aromatic N) is 1. The standard InChI is InChI=1S/C30H58N2O5S/c1-9-32(21-28(33)36-7)30(35)31-27(29(34)37-8)22-38-20-19-26(6)18-12-17-25(5)16-11-15-24(4)14-10-13-23(2)3/h19,23-25,27-28,33H,9-18,20-22H2,1-8H3,(H,31,35)/b26-19+. The monoisotopic (exact) mass is 558 g/mol. The van der Waals surface area contributed by atoms with Crippen molar-refractivity contribution in [1.82, 2.24) is 10.2 Å². The number of likely N-dealkylation sites (N-methyl/N-ethyl adjacent to an activating group) is 1. The third kappa shape index (κ3) is 18.9. The Hall–Kier alpha value is -1.25. The van der Waals surface area contributed by atoms with E-state index in [1.54, 1.807) is 18.7 Å². The van der Waals surface area contributed by atoms with Crippen LogP contribution in [0.25, 0.3) is 0 Å². The highest BCUT2D eigenvalue weighted by atomic mass is 32.2. The van der Waals surface area contributed by atoms with E-state index in [2.05, 4.69) is 46.0 Å². The molecule has 0 radical (unpaired) electrons. The molecule has 0 fully saturated rings. The Morgan fingerprint density at radius 2 is 1.55 bits per heavy atom. The number of nitrogens with one attached hydrogen (secondary N) is 1. The molecular weight excluding hydrogens is 500 g/mol. The van der Waals surface area contributed by atoms with Crippen LogP contribution in [0.1, 0.15) is 99.3 Å². The molecule has 2 N–H and O–H groups in total. The zero-order chi connectivity index (χ0) is 28.9. The fourth-order valence-electron chi connectivity index (χ4n) is 4.37. The van der Waals surface area contributed by atoms with Crippen LogP contribution in [0.5, 0.6) is 0 Å². The van der Waals surface area contributed by atoms with Gasteiger partial charge in [0, 0.05) is 25.2 Å². The van der Waals surface area contributed by atoms with Crippen molar-refractivity contribution in [3.63, 3.8) is 0 Å². The van der Waals surface area contributed by atoms with Gasteiger partial charge in [0.25, 0.3) is 0 Å². The molecule has 4 atom stereocenters. The first-order valence-corrected chi connectivity index (χ1v) is 15.8. The minimum absolute atomic E-state index is 0.0258. The topological polar surface area (TPSA) is 88.1 Å². The normalized spacial score (nSPS) is 15.2. The largest absolute Gasteiger partial charge is 0.467 e. The third-order valence-electron chi connectivity index (χ3n) is 7.08. The summed E-state index contributed by atoms with van der Waals surface area (Å²) in [4.78, 5) is 26.1. The van der Waals surface area contributed by atoms with Gasteiger partial charge in [0.2, 0.25) is 0 Å². The Balaban J connectivity index is 4.29. The maximum absolute atomic E-state index is 12.6. The van der Waals surface area contributed by atoms with Crippen LogP contribution in [0.15, 0.2) is 11.6 Å². The number of ether oxygens (including phenoxy) is 2. The predicted octanol–water partition coefficient (Wildman–Crippen LogP) is 6.64. The van der Waals surface area contributed by atoms with Gasteiger partial charge in [-0.25, -0.2) is 9.59 Å². The number of thioether (sulfide) groups is 1. The molecule has 8 heteroatoms. The Kier molecular flexibility index (Phi) is 21.8. The number of hydrogen-bond acceptors (Lipinski definition) is 6. The van der Waals surface area contributed by atoms with Crippen LogP contribution in [0.3, 0.4) is 0 Å². The van der Waals surface area contributed by atoms with Crippen LogP contribution in [-0.4, -0.2) is 73.2 Å². The van der Waals surface area contributed by atoms with Gasteiger partial charge in [-0.15, -0.1) is 0 Å². The number of methoxy groups -OCH3 is 2. The number of amides is 2. The van der Waals surface area contributed by atoms with Gasteiger partial charge < -0.3 is 24.8 Å². The number of allylic oxidation sites excluding steroid dienone is 1. The molecule has 0 heterocycles. The first-order chi connectivity index (χ1) is 18.0. The van der Waals surface area contributed by atoms with Gasteiger partial charge in [0.05, 0.1) is 13.7 Å². The summed E-state index contributed by atoms with van der Waals surface area (Å²) >= 11 is 1.59. The number of esters is 1. The molecule has 0 spiro atoms. The van der Waals surface area contributed by atoms with Crippen LogP contribution in [0, 0.1) is 17.8 Å². The molecular formula is C30H58N2O5S. The summed E-state index contributed by atoms with van der Waals surface area (Å²) in [5, 5.41) is 12.4. The van der Waals surface area contributed by atoms with Gasteiger partial charge in [0.1, 0.15) is 6.04 Å². The van der Waals surface area contributed by atoms with Crippen LogP contribution in [0.2, 0.25) is 0 Å². The average molecular weight is 559 g/mol. The first-order valence-electron chi connectivity index (χ1n) is 14.6. The van der Waals surface area contributed by atoms with Gasteiger partial charge in [0.15, 0.2) is 6.29 Å². The smallest absolute Gasteiger partial charge is 0.329 e. The third-order valence-corrected chi connectivity index (χ3v) is 8.05. The van der Waals surface area contributed by atoms with E-state index in [9.17, 15) is 14.7 Å². The van der Waals surface area contributed by atoms with E-state index >= 15 is 0 Å². The number of rotatable bonds is 22. The molecule has 0 aliphatic carbocycles. The van der Waals surface area contributed by atoms with E-state index in [1.807, 2.05) is 0 Å². The van der Waals surface area contributed by atoms with Gasteiger partial charge in [-0.1, -0.05) is 84.3 Å². The van der Waals surface area contributed by atoms with E-state index in [0.29, 0.717) is 12.3 Å².